The Hall–Kier alpha value is -1.75. The summed E-state index contributed by atoms with van der Waals surface area (Å²) in [5, 5.41) is 2.84. The van der Waals surface area contributed by atoms with Crippen molar-refractivity contribution >= 4 is 11.6 Å². The van der Waals surface area contributed by atoms with E-state index < -0.39 is 0 Å². The van der Waals surface area contributed by atoms with E-state index in [0.717, 1.165) is 6.42 Å². The van der Waals surface area contributed by atoms with Crippen LogP contribution in [0.15, 0.2) is 18.2 Å². The highest BCUT2D eigenvalue weighted by Gasteiger charge is 2.13. The molecule has 1 aromatic carbocycles. The van der Waals surface area contributed by atoms with Gasteiger partial charge in [-0.05, 0) is 24.6 Å². The van der Waals surface area contributed by atoms with Crippen molar-refractivity contribution in [3.05, 3.63) is 18.2 Å². The highest BCUT2D eigenvalue weighted by Crippen LogP contribution is 2.29. The molecule has 5 nitrogen and oxygen atoms in total. The number of carbonyl (C=O) groups excluding carboxylic acids is 1. The van der Waals surface area contributed by atoms with Crippen molar-refractivity contribution in [2.75, 3.05) is 26.1 Å². The lowest BCUT2D eigenvalue weighted by Crippen LogP contribution is -2.21. The molecule has 0 spiro atoms. The van der Waals surface area contributed by atoms with Crippen molar-refractivity contribution < 1.29 is 14.3 Å². The Morgan fingerprint density at radius 1 is 1.37 bits per heavy atom. The zero-order chi connectivity index (χ0) is 14.3. The van der Waals surface area contributed by atoms with Gasteiger partial charge < -0.3 is 20.5 Å². The lowest BCUT2D eigenvalue weighted by atomic mass is 10.0. The van der Waals surface area contributed by atoms with Crippen molar-refractivity contribution in [2.24, 2.45) is 11.7 Å². The third kappa shape index (κ3) is 4.44. The number of nitrogens with one attached hydrogen (secondary N) is 1. The fourth-order valence-electron chi connectivity index (χ4n) is 1.76. The number of anilines is 1. The molecule has 106 valence electrons. The molecule has 0 aliphatic carbocycles. The van der Waals surface area contributed by atoms with E-state index in [-0.39, 0.29) is 11.8 Å². The van der Waals surface area contributed by atoms with Crippen LogP contribution in [0.25, 0.3) is 0 Å². The van der Waals surface area contributed by atoms with Gasteiger partial charge in [0.25, 0.3) is 0 Å². The molecule has 1 atom stereocenters. The average molecular weight is 266 g/mol. The maximum absolute atomic E-state index is 11.9. The number of hydrogen-bond donors (Lipinski definition) is 2. The Balaban J connectivity index is 2.73. The number of carbonyl (C=O) groups is 1. The minimum absolute atomic E-state index is 0.0548. The Bertz CT molecular complexity index is 417. The van der Waals surface area contributed by atoms with Gasteiger partial charge in [-0.2, -0.15) is 0 Å². The molecule has 19 heavy (non-hydrogen) atoms. The first-order valence-electron chi connectivity index (χ1n) is 6.36. The van der Waals surface area contributed by atoms with Crippen LogP contribution in [0.2, 0.25) is 0 Å². The summed E-state index contributed by atoms with van der Waals surface area (Å²) in [6, 6.07) is 5.27. The van der Waals surface area contributed by atoms with Gasteiger partial charge in [-0.1, -0.05) is 13.3 Å². The van der Waals surface area contributed by atoms with E-state index >= 15 is 0 Å². The Labute approximate surface area is 114 Å². The normalized spacial score (nSPS) is 11.8. The molecule has 3 N–H and O–H groups in total. The van der Waals surface area contributed by atoms with Gasteiger partial charge in [0.05, 0.1) is 19.9 Å². The summed E-state index contributed by atoms with van der Waals surface area (Å²) in [6.45, 7) is 2.54. The molecule has 0 aromatic heterocycles. The van der Waals surface area contributed by atoms with Gasteiger partial charge in [0.2, 0.25) is 5.91 Å². The Kier molecular flexibility index (Phi) is 6.15. The number of hydrogen-bond acceptors (Lipinski definition) is 4. The standard InChI is InChI=1S/C14H22N2O3/c1-4-10(9-15)7-14(17)16-12-6-5-11(18-2)8-13(12)19-3/h5-6,8,10H,4,7,9,15H2,1-3H3,(H,16,17). The number of amides is 1. The van der Waals surface area contributed by atoms with Gasteiger partial charge in [0, 0.05) is 12.5 Å². The maximum Gasteiger partial charge on any atom is 0.224 e. The van der Waals surface area contributed by atoms with Gasteiger partial charge in [0.15, 0.2) is 0 Å². The van der Waals surface area contributed by atoms with Crippen LogP contribution in [-0.2, 0) is 4.79 Å². The molecule has 0 saturated carbocycles. The first kappa shape index (κ1) is 15.3. The van der Waals surface area contributed by atoms with Crippen molar-refractivity contribution in [3.63, 3.8) is 0 Å². The summed E-state index contributed by atoms with van der Waals surface area (Å²) in [6.07, 6.45) is 1.31. The number of methoxy groups -OCH3 is 2. The number of rotatable bonds is 7. The highest BCUT2D eigenvalue weighted by atomic mass is 16.5. The van der Waals surface area contributed by atoms with Crippen LogP contribution >= 0.6 is 0 Å². The molecule has 1 rings (SSSR count). The number of ether oxygens (including phenoxy) is 2. The van der Waals surface area contributed by atoms with Crippen LogP contribution in [0.5, 0.6) is 11.5 Å². The molecule has 0 bridgehead atoms. The van der Waals surface area contributed by atoms with Crippen molar-refractivity contribution in [1.29, 1.82) is 0 Å². The molecule has 1 unspecified atom stereocenters. The predicted octanol–water partition coefficient (Wildman–Crippen LogP) is 2.02. The summed E-state index contributed by atoms with van der Waals surface area (Å²) in [5.41, 5.74) is 6.24. The van der Waals surface area contributed by atoms with Crippen LogP contribution in [0.4, 0.5) is 5.69 Å². The van der Waals surface area contributed by atoms with Crippen LogP contribution < -0.4 is 20.5 Å². The van der Waals surface area contributed by atoms with Gasteiger partial charge in [0.1, 0.15) is 11.5 Å². The van der Waals surface area contributed by atoms with E-state index in [1.165, 1.54) is 0 Å². The van der Waals surface area contributed by atoms with E-state index in [1.807, 2.05) is 6.92 Å². The monoisotopic (exact) mass is 266 g/mol. The summed E-state index contributed by atoms with van der Waals surface area (Å²) in [4.78, 5) is 11.9. The molecular formula is C14H22N2O3. The molecule has 0 heterocycles. The summed E-state index contributed by atoms with van der Waals surface area (Å²) >= 11 is 0. The zero-order valence-electron chi connectivity index (χ0n) is 11.7. The van der Waals surface area contributed by atoms with Crippen LogP contribution in [0.1, 0.15) is 19.8 Å². The zero-order valence-corrected chi connectivity index (χ0v) is 11.7. The number of nitrogens with two attached hydrogens (primary N) is 1. The first-order chi connectivity index (χ1) is 9.14. The van der Waals surface area contributed by atoms with E-state index in [2.05, 4.69) is 5.32 Å². The van der Waals surface area contributed by atoms with Crippen LogP contribution in [0.3, 0.4) is 0 Å². The van der Waals surface area contributed by atoms with E-state index in [4.69, 9.17) is 15.2 Å². The SMILES string of the molecule is CCC(CN)CC(=O)Nc1ccc(OC)cc1OC. The average Bonchev–Trinajstić information content (AvgIpc) is 2.45. The van der Waals surface area contributed by atoms with Gasteiger partial charge >= 0.3 is 0 Å². The third-order valence-corrected chi connectivity index (χ3v) is 3.07. The molecule has 0 fully saturated rings. The fourth-order valence-corrected chi connectivity index (χ4v) is 1.76. The largest absolute Gasteiger partial charge is 0.497 e. The summed E-state index contributed by atoms with van der Waals surface area (Å²) in [5.74, 6) is 1.42. The van der Waals surface area contributed by atoms with Gasteiger partial charge in [-0.15, -0.1) is 0 Å². The maximum atomic E-state index is 11.9. The highest BCUT2D eigenvalue weighted by molar-refractivity contribution is 5.92. The van der Waals surface area contributed by atoms with Crippen molar-refractivity contribution in [1.82, 2.24) is 0 Å². The van der Waals surface area contributed by atoms with E-state index in [1.54, 1.807) is 32.4 Å². The number of benzene rings is 1. The van der Waals surface area contributed by atoms with E-state index in [0.29, 0.717) is 30.2 Å². The minimum atomic E-state index is -0.0548. The molecular weight excluding hydrogens is 244 g/mol. The smallest absolute Gasteiger partial charge is 0.224 e. The Morgan fingerprint density at radius 2 is 2.11 bits per heavy atom. The van der Waals surface area contributed by atoms with Crippen LogP contribution in [0, 0.1) is 5.92 Å². The van der Waals surface area contributed by atoms with Crippen molar-refractivity contribution in [3.8, 4) is 11.5 Å². The lowest BCUT2D eigenvalue weighted by Gasteiger charge is -2.14. The molecule has 0 saturated heterocycles. The van der Waals surface area contributed by atoms with Crippen LogP contribution in [-0.4, -0.2) is 26.7 Å². The van der Waals surface area contributed by atoms with Crippen molar-refractivity contribution in [2.45, 2.75) is 19.8 Å². The topological polar surface area (TPSA) is 73.6 Å². The summed E-state index contributed by atoms with van der Waals surface area (Å²) < 4.78 is 10.3. The summed E-state index contributed by atoms with van der Waals surface area (Å²) in [7, 11) is 3.14. The minimum Gasteiger partial charge on any atom is -0.497 e. The Morgan fingerprint density at radius 3 is 2.63 bits per heavy atom. The van der Waals surface area contributed by atoms with Gasteiger partial charge in [-0.25, -0.2) is 0 Å². The molecule has 5 heteroatoms. The van der Waals surface area contributed by atoms with E-state index in [9.17, 15) is 4.79 Å². The first-order valence-corrected chi connectivity index (χ1v) is 6.36. The lowest BCUT2D eigenvalue weighted by molar-refractivity contribution is -0.117. The fraction of sp³-hybridized carbons (Fsp3) is 0.500. The third-order valence-electron chi connectivity index (χ3n) is 3.07. The second-order valence-corrected chi connectivity index (χ2v) is 4.33. The molecule has 1 aromatic rings. The molecule has 0 aliphatic rings. The second-order valence-electron chi connectivity index (χ2n) is 4.33. The second kappa shape index (κ2) is 7.63. The van der Waals surface area contributed by atoms with Gasteiger partial charge in [-0.3, -0.25) is 4.79 Å². The molecule has 0 aliphatic heterocycles. The molecule has 1 amide bonds. The quantitative estimate of drug-likeness (QED) is 0.792. The molecule has 0 radical (unpaired) electrons. The predicted molar refractivity (Wildman–Crippen MR) is 75.6 cm³/mol.